The number of hydrogen-bond donors (Lipinski definition) is 1. The van der Waals surface area contributed by atoms with Gasteiger partial charge in [0.25, 0.3) is 5.91 Å². The number of carbonyl (C=O) groups excluding carboxylic acids is 1. The molecule has 1 N–H and O–H groups in total. The highest BCUT2D eigenvalue weighted by molar-refractivity contribution is 7.09. The smallest absolute Gasteiger partial charge is 0.303 e. The number of amides is 1. The fourth-order valence-corrected chi connectivity index (χ4v) is 3.98. The van der Waals surface area contributed by atoms with Crippen molar-refractivity contribution < 1.29 is 19.4 Å². The molecular formula is C20H24N2O4S. The molecule has 0 aliphatic carbocycles. The van der Waals surface area contributed by atoms with Gasteiger partial charge in [-0.3, -0.25) is 9.59 Å². The Morgan fingerprint density at radius 1 is 1.37 bits per heavy atom. The third-order valence-electron chi connectivity index (χ3n) is 4.73. The quantitative estimate of drug-likeness (QED) is 0.781. The zero-order valence-corrected chi connectivity index (χ0v) is 16.2. The Kier molecular flexibility index (Phi) is 6.45. The number of aromatic nitrogens is 1. The van der Waals surface area contributed by atoms with Gasteiger partial charge in [-0.15, -0.1) is 11.3 Å². The number of carboxylic acid groups (broad SMARTS) is 1. The van der Waals surface area contributed by atoms with Gasteiger partial charge >= 0.3 is 5.97 Å². The van der Waals surface area contributed by atoms with Crippen LogP contribution in [0.3, 0.4) is 0 Å². The number of ether oxygens (including phenoxy) is 1. The number of piperidine rings is 1. The molecule has 0 saturated carbocycles. The number of rotatable bonds is 7. The summed E-state index contributed by atoms with van der Waals surface area (Å²) in [6.45, 7) is 3.58. The molecule has 1 atom stereocenters. The van der Waals surface area contributed by atoms with Gasteiger partial charge < -0.3 is 14.7 Å². The zero-order valence-electron chi connectivity index (χ0n) is 15.4. The number of aliphatic carboxylic acids is 1. The molecule has 27 heavy (non-hydrogen) atoms. The normalized spacial score (nSPS) is 16.9. The van der Waals surface area contributed by atoms with Crippen LogP contribution in [0.2, 0.25) is 0 Å². The van der Waals surface area contributed by atoms with E-state index in [-0.39, 0.29) is 18.2 Å². The van der Waals surface area contributed by atoms with E-state index in [4.69, 9.17) is 9.84 Å². The van der Waals surface area contributed by atoms with Crippen LogP contribution < -0.4 is 4.74 Å². The van der Waals surface area contributed by atoms with Crippen LogP contribution in [0.5, 0.6) is 5.75 Å². The molecule has 1 amide bonds. The summed E-state index contributed by atoms with van der Waals surface area (Å²) >= 11 is 1.57. The van der Waals surface area contributed by atoms with Gasteiger partial charge in [0.2, 0.25) is 0 Å². The number of nitrogens with zero attached hydrogens (tertiary/aromatic N) is 2. The van der Waals surface area contributed by atoms with Crippen LogP contribution in [0.25, 0.3) is 0 Å². The molecule has 144 valence electrons. The molecule has 6 nitrogen and oxygen atoms in total. The maximum absolute atomic E-state index is 13.0. The molecule has 7 heteroatoms. The molecule has 1 fully saturated rings. The highest BCUT2D eigenvalue weighted by atomic mass is 32.1. The van der Waals surface area contributed by atoms with E-state index in [9.17, 15) is 9.59 Å². The van der Waals surface area contributed by atoms with Crippen molar-refractivity contribution in [3.05, 3.63) is 45.9 Å². The van der Waals surface area contributed by atoms with E-state index in [0.717, 1.165) is 23.5 Å². The third kappa shape index (κ3) is 5.29. The number of hydrogen-bond acceptors (Lipinski definition) is 5. The SMILES string of the molecule is Cc1nc(COc2ccccc2C(=O)N2CCCC(CCC(=O)O)C2)cs1. The summed E-state index contributed by atoms with van der Waals surface area (Å²) < 4.78 is 5.87. The average molecular weight is 388 g/mol. The monoisotopic (exact) mass is 388 g/mol. The highest BCUT2D eigenvalue weighted by Gasteiger charge is 2.26. The van der Waals surface area contributed by atoms with Gasteiger partial charge in [0.1, 0.15) is 12.4 Å². The lowest BCUT2D eigenvalue weighted by molar-refractivity contribution is -0.137. The second kappa shape index (κ2) is 8.99. The predicted octanol–water partition coefficient (Wildman–Crippen LogP) is 3.75. The molecule has 0 spiro atoms. The van der Waals surface area contributed by atoms with E-state index in [1.54, 1.807) is 23.5 Å². The minimum atomic E-state index is -0.783. The van der Waals surface area contributed by atoms with Crippen molar-refractivity contribution in [2.75, 3.05) is 13.1 Å². The Morgan fingerprint density at radius 2 is 2.19 bits per heavy atom. The highest BCUT2D eigenvalue weighted by Crippen LogP contribution is 2.26. The molecular weight excluding hydrogens is 364 g/mol. The maximum atomic E-state index is 13.0. The van der Waals surface area contributed by atoms with E-state index in [2.05, 4.69) is 4.98 Å². The molecule has 1 aromatic heterocycles. The summed E-state index contributed by atoms with van der Waals surface area (Å²) in [5.74, 6) is -0.0415. The van der Waals surface area contributed by atoms with E-state index >= 15 is 0 Å². The summed E-state index contributed by atoms with van der Waals surface area (Å²) in [6.07, 6.45) is 2.63. The van der Waals surface area contributed by atoms with E-state index in [1.165, 1.54) is 0 Å². The minimum Gasteiger partial charge on any atom is -0.486 e. The fraction of sp³-hybridized carbons (Fsp3) is 0.450. The van der Waals surface area contributed by atoms with Crippen LogP contribution in [-0.4, -0.2) is 40.0 Å². The van der Waals surface area contributed by atoms with Crippen LogP contribution in [0.15, 0.2) is 29.6 Å². The van der Waals surface area contributed by atoms with Gasteiger partial charge in [-0.05, 0) is 44.2 Å². The summed E-state index contributed by atoms with van der Waals surface area (Å²) in [4.78, 5) is 30.1. The fourth-order valence-electron chi connectivity index (χ4n) is 3.38. The number of benzene rings is 1. The molecule has 1 saturated heterocycles. The molecule has 1 aromatic carbocycles. The largest absolute Gasteiger partial charge is 0.486 e. The predicted molar refractivity (Wildman–Crippen MR) is 103 cm³/mol. The summed E-state index contributed by atoms with van der Waals surface area (Å²) in [7, 11) is 0. The van der Waals surface area contributed by atoms with Gasteiger partial charge in [0, 0.05) is 24.9 Å². The molecule has 3 rings (SSSR count). The molecule has 0 bridgehead atoms. The van der Waals surface area contributed by atoms with E-state index in [1.807, 2.05) is 29.3 Å². The van der Waals surface area contributed by atoms with Crippen LogP contribution in [0.1, 0.15) is 46.7 Å². The van der Waals surface area contributed by atoms with Crippen molar-refractivity contribution in [1.82, 2.24) is 9.88 Å². The lowest BCUT2D eigenvalue weighted by atomic mass is 9.93. The van der Waals surface area contributed by atoms with Crippen molar-refractivity contribution in [3.63, 3.8) is 0 Å². The lowest BCUT2D eigenvalue weighted by Crippen LogP contribution is -2.40. The number of carboxylic acids is 1. The van der Waals surface area contributed by atoms with E-state index < -0.39 is 5.97 Å². The van der Waals surface area contributed by atoms with Crippen LogP contribution in [0, 0.1) is 12.8 Å². The van der Waals surface area contributed by atoms with Crippen LogP contribution in [0.4, 0.5) is 0 Å². The Hall–Kier alpha value is -2.41. The first-order chi connectivity index (χ1) is 13.0. The van der Waals surface area contributed by atoms with Gasteiger partial charge in [-0.1, -0.05) is 12.1 Å². The number of thiazole rings is 1. The molecule has 2 heterocycles. The summed E-state index contributed by atoms with van der Waals surface area (Å²) in [5.41, 5.74) is 1.40. The average Bonchev–Trinajstić information content (AvgIpc) is 3.10. The summed E-state index contributed by atoms with van der Waals surface area (Å²) in [5, 5.41) is 11.8. The number of likely N-dealkylation sites (tertiary alicyclic amines) is 1. The van der Waals surface area contributed by atoms with Gasteiger partial charge in [-0.25, -0.2) is 4.98 Å². The first-order valence-electron chi connectivity index (χ1n) is 9.17. The van der Waals surface area contributed by atoms with Crippen molar-refractivity contribution in [2.24, 2.45) is 5.92 Å². The number of carbonyl (C=O) groups is 2. The Labute approximate surface area is 162 Å². The molecule has 1 unspecified atom stereocenters. The second-order valence-corrected chi connectivity index (χ2v) is 7.90. The number of para-hydroxylation sites is 1. The standard InChI is InChI=1S/C20H24N2O4S/c1-14-21-16(13-27-14)12-26-18-7-3-2-6-17(18)20(25)22-10-4-5-15(11-22)8-9-19(23)24/h2-3,6-7,13,15H,4-5,8-12H2,1H3,(H,23,24). The van der Waals surface area contributed by atoms with Gasteiger partial charge in [0.15, 0.2) is 0 Å². The zero-order chi connectivity index (χ0) is 19.2. The Balaban J connectivity index is 1.66. The lowest BCUT2D eigenvalue weighted by Gasteiger charge is -2.33. The molecule has 1 aliphatic heterocycles. The Bertz CT molecular complexity index is 805. The third-order valence-corrected chi connectivity index (χ3v) is 5.55. The molecule has 1 aliphatic rings. The van der Waals surface area contributed by atoms with Crippen LogP contribution >= 0.6 is 11.3 Å². The van der Waals surface area contributed by atoms with Crippen molar-refractivity contribution in [3.8, 4) is 5.75 Å². The topological polar surface area (TPSA) is 79.7 Å². The van der Waals surface area contributed by atoms with Crippen molar-refractivity contribution >= 4 is 23.2 Å². The number of aryl methyl sites for hydroxylation is 1. The van der Waals surface area contributed by atoms with E-state index in [0.29, 0.717) is 37.4 Å². The minimum absolute atomic E-state index is 0.0555. The van der Waals surface area contributed by atoms with Gasteiger partial charge in [0.05, 0.1) is 16.3 Å². The van der Waals surface area contributed by atoms with Gasteiger partial charge in [-0.2, -0.15) is 0 Å². The maximum Gasteiger partial charge on any atom is 0.303 e. The van der Waals surface area contributed by atoms with Crippen molar-refractivity contribution in [1.29, 1.82) is 0 Å². The summed E-state index contributed by atoms with van der Waals surface area (Å²) in [6, 6.07) is 7.27. The first kappa shape index (κ1) is 19.4. The first-order valence-corrected chi connectivity index (χ1v) is 10.0. The van der Waals surface area contributed by atoms with Crippen LogP contribution in [-0.2, 0) is 11.4 Å². The molecule has 0 radical (unpaired) electrons. The van der Waals surface area contributed by atoms with Crippen molar-refractivity contribution in [2.45, 2.75) is 39.2 Å². The second-order valence-electron chi connectivity index (χ2n) is 6.83. The molecule has 2 aromatic rings. The Morgan fingerprint density at radius 3 is 2.93 bits per heavy atom.